The maximum Gasteiger partial charge on any atom is 0.251 e. The van der Waals surface area contributed by atoms with Gasteiger partial charge in [-0.15, -0.1) is 0 Å². The van der Waals surface area contributed by atoms with Crippen molar-refractivity contribution in [1.29, 1.82) is 0 Å². The Morgan fingerprint density at radius 2 is 2.21 bits per heavy atom. The van der Waals surface area contributed by atoms with Crippen LogP contribution in [0.1, 0.15) is 25.7 Å². The first kappa shape index (κ1) is 14.0. The number of carbonyl (C=O) groups excluding carboxylic acids is 2. The van der Waals surface area contributed by atoms with Crippen LogP contribution < -0.4 is 0 Å². The summed E-state index contributed by atoms with van der Waals surface area (Å²) in [4.78, 5) is 26.7. The summed E-state index contributed by atoms with van der Waals surface area (Å²) in [6, 6.07) is 0. The van der Waals surface area contributed by atoms with Crippen LogP contribution in [0.25, 0.3) is 0 Å². The van der Waals surface area contributed by atoms with Crippen LogP contribution >= 0.6 is 0 Å². The fraction of sp³-hybridized carbons (Fsp3) is 0.692. The molecule has 0 aliphatic carbocycles. The quantitative estimate of drug-likeness (QED) is 0.792. The Kier molecular flexibility index (Phi) is 4.52. The first-order chi connectivity index (χ1) is 9.08. The van der Waals surface area contributed by atoms with E-state index in [0.717, 1.165) is 12.8 Å². The predicted octanol–water partition coefficient (Wildman–Crippen LogP) is 0.446. The second-order valence-corrected chi connectivity index (χ2v) is 5.03. The molecule has 0 aromatic heterocycles. The molecular formula is C13H19FN2O3. The maximum atomic E-state index is 13.1. The van der Waals surface area contributed by atoms with Crippen molar-refractivity contribution >= 4 is 11.8 Å². The molecule has 1 atom stereocenters. The number of amides is 2. The summed E-state index contributed by atoms with van der Waals surface area (Å²) in [5.74, 6) is -0.952. The molecule has 1 fully saturated rings. The molecule has 2 amide bonds. The van der Waals surface area contributed by atoms with Crippen molar-refractivity contribution in [2.45, 2.75) is 31.8 Å². The first-order valence-corrected chi connectivity index (χ1v) is 6.67. The number of hydrogen-bond donors (Lipinski definition) is 1. The molecule has 0 bridgehead atoms. The Balaban J connectivity index is 1.94. The lowest BCUT2D eigenvalue weighted by atomic mass is 10.2. The minimum absolute atomic E-state index is 0.0105. The van der Waals surface area contributed by atoms with Gasteiger partial charge in [-0.1, -0.05) is 0 Å². The van der Waals surface area contributed by atoms with E-state index >= 15 is 0 Å². The van der Waals surface area contributed by atoms with E-state index in [1.807, 2.05) is 0 Å². The lowest BCUT2D eigenvalue weighted by molar-refractivity contribution is -0.145. The van der Waals surface area contributed by atoms with E-state index in [9.17, 15) is 19.1 Å². The van der Waals surface area contributed by atoms with Gasteiger partial charge in [0, 0.05) is 13.1 Å². The molecule has 2 heterocycles. The van der Waals surface area contributed by atoms with Gasteiger partial charge < -0.3 is 14.9 Å². The van der Waals surface area contributed by atoms with E-state index < -0.39 is 6.10 Å². The molecule has 1 saturated heterocycles. The second kappa shape index (κ2) is 6.14. The summed E-state index contributed by atoms with van der Waals surface area (Å²) in [5.41, 5.74) is 0. The number of nitrogens with zero attached hydrogens (tertiary/aromatic N) is 2. The average Bonchev–Trinajstić information content (AvgIpc) is 2.54. The molecule has 0 aromatic rings. The van der Waals surface area contributed by atoms with Gasteiger partial charge in [-0.2, -0.15) is 0 Å². The topological polar surface area (TPSA) is 60.9 Å². The van der Waals surface area contributed by atoms with E-state index in [2.05, 4.69) is 0 Å². The number of aliphatic hydroxyl groups is 1. The Labute approximate surface area is 111 Å². The number of likely N-dealkylation sites (tertiary alicyclic amines) is 1. The first-order valence-electron chi connectivity index (χ1n) is 6.67. The zero-order chi connectivity index (χ0) is 13.8. The summed E-state index contributed by atoms with van der Waals surface area (Å²) in [5, 5.41) is 9.61. The molecule has 1 N–H and O–H groups in total. The van der Waals surface area contributed by atoms with Gasteiger partial charge in [-0.25, -0.2) is 4.39 Å². The molecule has 2 rings (SSSR count). The minimum atomic E-state index is -1.01. The highest BCUT2D eigenvalue weighted by molar-refractivity contribution is 5.87. The number of halogens is 1. The Hall–Kier alpha value is -1.43. The molecule has 6 heteroatoms. The van der Waals surface area contributed by atoms with Crippen LogP contribution in [0, 0.1) is 0 Å². The lowest BCUT2D eigenvalue weighted by Gasteiger charge is -2.28. The van der Waals surface area contributed by atoms with E-state index in [0.29, 0.717) is 25.9 Å². The Morgan fingerprint density at radius 1 is 1.42 bits per heavy atom. The average molecular weight is 270 g/mol. The van der Waals surface area contributed by atoms with Crippen LogP contribution in [0.15, 0.2) is 11.9 Å². The molecule has 2 aliphatic rings. The van der Waals surface area contributed by atoms with Crippen LogP contribution in [-0.2, 0) is 9.59 Å². The van der Waals surface area contributed by atoms with E-state index in [1.165, 1.54) is 15.9 Å². The van der Waals surface area contributed by atoms with Crippen LogP contribution in [-0.4, -0.2) is 59.0 Å². The van der Waals surface area contributed by atoms with Crippen molar-refractivity contribution in [1.82, 2.24) is 9.80 Å². The van der Waals surface area contributed by atoms with Crippen molar-refractivity contribution in [3.63, 3.8) is 0 Å². The third-order valence-corrected chi connectivity index (χ3v) is 3.54. The smallest absolute Gasteiger partial charge is 0.251 e. The van der Waals surface area contributed by atoms with Gasteiger partial charge in [0.1, 0.15) is 11.9 Å². The molecule has 19 heavy (non-hydrogen) atoms. The summed E-state index contributed by atoms with van der Waals surface area (Å²) in [6.07, 6.45) is 2.99. The van der Waals surface area contributed by atoms with E-state index in [-0.39, 0.29) is 30.7 Å². The molecule has 0 saturated carbocycles. The van der Waals surface area contributed by atoms with Gasteiger partial charge >= 0.3 is 0 Å². The van der Waals surface area contributed by atoms with Crippen molar-refractivity contribution < 1.29 is 19.1 Å². The third-order valence-electron chi connectivity index (χ3n) is 3.54. The van der Waals surface area contributed by atoms with Gasteiger partial charge in [0.2, 0.25) is 5.91 Å². The van der Waals surface area contributed by atoms with E-state index in [4.69, 9.17) is 0 Å². The fourth-order valence-electron chi connectivity index (χ4n) is 2.42. The van der Waals surface area contributed by atoms with Gasteiger partial charge in [-0.05, 0) is 31.8 Å². The highest BCUT2D eigenvalue weighted by Gasteiger charge is 2.28. The zero-order valence-electron chi connectivity index (χ0n) is 10.8. The molecular weight excluding hydrogens is 251 g/mol. The van der Waals surface area contributed by atoms with Crippen molar-refractivity contribution in [2.75, 3.05) is 26.2 Å². The lowest BCUT2D eigenvalue weighted by Crippen LogP contribution is -2.46. The fourth-order valence-corrected chi connectivity index (χ4v) is 2.42. The molecule has 2 aliphatic heterocycles. The van der Waals surface area contributed by atoms with Gasteiger partial charge in [0.25, 0.3) is 5.91 Å². The number of carbonyl (C=O) groups is 2. The summed E-state index contributed by atoms with van der Waals surface area (Å²) in [7, 11) is 0. The molecule has 0 radical (unpaired) electrons. The van der Waals surface area contributed by atoms with Crippen LogP contribution in [0.5, 0.6) is 0 Å². The SMILES string of the molecule is O=C(CN1CCCCC(O)C1=O)N1CCC=C(F)C1. The zero-order valence-corrected chi connectivity index (χ0v) is 10.8. The van der Waals surface area contributed by atoms with E-state index in [1.54, 1.807) is 0 Å². The van der Waals surface area contributed by atoms with Gasteiger partial charge in [-0.3, -0.25) is 9.59 Å². The van der Waals surface area contributed by atoms with Crippen LogP contribution in [0.3, 0.4) is 0 Å². The molecule has 5 nitrogen and oxygen atoms in total. The third kappa shape index (κ3) is 3.53. The van der Waals surface area contributed by atoms with Gasteiger partial charge in [0.05, 0.1) is 13.1 Å². The maximum absolute atomic E-state index is 13.1. The predicted molar refractivity (Wildman–Crippen MR) is 66.8 cm³/mol. The Morgan fingerprint density at radius 3 is 2.95 bits per heavy atom. The summed E-state index contributed by atoms with van der Waals surface area (Å²) in [6.45, 7) is 0.886. The number of aliphatic hydroxyl groups excluding tert-OH is 1. The largest absolute Gasteiger partial charge is 0.383 e. The van der Waals surface area contributed by atoms with Crippen molar-refractivity contribution in [3.05, 3.63) is 11.9 Å². The molecule has 1 unspecified atom stereocenters. The number of hydrogen-bond acceptors (Lipinski definition) is 3. The van der Waals surface area contributed by atoms with Gasteiger partial charge in [0.15, 0.2) is 0 Å². The highest BCUT2D eigenvalue weighted by atomic mass is 19.1. The minimum Gasteiger partial charge on any atom is -0.383 e. The standard InChI is InChI=1S/C13H19FN2O3/c14-10-4-3-7-15(8-10)12(18)9-16-6-2-1-5-11(17)13(16)19/h4,11,17H,1-3,5-9H2. The summed E-state index contributed by atoms with van der Waals surface area (Å²) < 4.78 is 13.1. The molecule has 0 aromatic carbocycles. The molecule has 0 spiro atoms. The van der Waals surface area contributed by atoms with Crippen molar-refractivity contribution in [3.8, 4) is 0 Å². The van der Waals surface area contributed by atoms with Crippen LogP contribution in [0.4, 0.5) is 4.39 Å². The van der Waals surface area contributed by atoms with Crippen molar-refractivity contribution in [2.24, 2.45) is 0 Å². The Bertz CT molecular complexity index is 397. The summed E-state index contributed by atoms with van der Waals surface area (Å²) >= 11 is 0. The molecule has 106 valence electrons. The second-order valence-electron chi connectivity index (χ2n) is 5.03. The normalized spacial score (nSPS) is 25.1. The highest BCUT2D eigenvalue weighted by Crippen LogP contribution is 2.14. The monoisotopic (exact) mass is 270 g/mol. The van der Waals surface area contributed by atoms with Crippen LogP contribution in [0.2, 0.25) is 0 Å². The number of rotatable bonds is 2.